The predicted octanol–water partition coefficient (Wildman–Crippen LogP) is -3.24. The fourth-order valence-electron chi connectivity index (χ4n) is 0.229. The van der Waals surface area contributed by atoms with Crippen molar-refractivity contribution >= 4 is 7.86 Å². The minimum atomic E-state index is 0.243. The maximum atomic E-state index is 8.27. The maximum absolute atomic E-state index is 8.27. The molecule has 1 atom stereocenters. The van der Waals surface area contributed by atoms with E-state index in [0.29, 0.717) is 34.2 Å². The van der Waals surface area contributed by atoms with E-state index in [9.17, 15) is 0 Å². The van der Waals surface area contributed by atoms with Crippen molar-refractivity contribution in [2.24, 2.45) is 4.36 Å². The molecule has 0 saturated carbocycles. The molecule has 7 heavy (non-hydrogen) atoms. The number of halogens is 1. The van der Waals surface area contributed by atoms with Crippen molar-refractivity contribution in [3.8, 4) is 0 Å². The summed E-state index contributed by atoms with van der Waals surface area (Å²) in [5, 5.41) is 8.27. The quantitative estimate of drug-likeness (QED) is 0.303. The zero-order valence-corrected chi connectivity index (χ0v) is 6.78. The first-order chi connectivity index (χ1) is 3.43. The molecule has 0 radical (unpaired) electrons. The summed E-state index contributed by atoms with van der Waals surface area (Å²) in [7, 11) is 0.510. The summed E-state index contributed by atoms with van der Waals surface area (Å²) in [6, 6.07) is 0. The monoisotopic (exact) mass is 232 g/mol. The number of hydrogen-bond donors (Lipinski definition) is 1. The molecule has 1 fully saturated rings. The van der Waals surface area contributed by atoms with Crippen LogP contribution in [-0.2, 0) is 7.86 Å². The van der Waals surface area contributed by atoms with E-state index in [1.54, 1.807) is 0 Å². The van der Waals surface area contributed by atoms with Crippen molar-refractivity contribution < 1.29 is 24.9 Å². The van der Waals surface area contributed by atoms with Crippen molar-refractivity contribution in [1.29, 1.82) is 0 Å². The van der Waals surface area contributed by atoms with Gasteiger partial charge in [-0.1, -0.05) is 0 Å². The van der Waals surface area contributed by atoms with Crippen LogP contribution in [0.15, 0.2) is 4.36 Å². The zero-order chi connectivity index (χ0) is 5.11. The predicted molar refractivity (Wildman–Crippen MR) is 26.6 cm³/mol. The molecule has 1 aliphatic heterocycles. The van der Waals surface area contributed by atoms with Gasteiger partial charge < -0.3 is 0 Å². The van der Waals surface area contributed by atoms with Gasteiger partial charge in [0.15, 0.2) is 0 Å². The molecule has 1 N–H and O–H groups in total. The standard InChI is InChI=1S/C3H7INOS/c6-2-1-5-7-3-4-7/h6H,1-3H2/q-1. The number of aliphatic hydroxyl groups is 1. The topological polar surface area (TPSA) is 32.6 Å². The Labute approximate surface area is 54.1 Å². The second kappa shape index (κ2) is 2.99. The summed E-state index contributed by atoms with van der Waals surface area (Å²) in [4.78, 5) is 0. The Morgan fingerprint density at radius 2 is 2.57 bits per heavy atom. The summed E-state index contributed by atoms with van der Waals surface area (Å²) in [5.41, 5.74) is 0. The van der Waals surface area contributed by atoms with Gasteiger partial charge in [-0.3, -0.25) is 0 Å². The summed E-state index contributed by atoms with van der Waals surface area (Å²) in [6.07, 6.45) is 0. The molecule has 0 aromatic carbocycles. The van der Waals surface area contributed by atoms with Crippen LogP contribution in [0.1, 0.15) is 0 Å². The molecule has 1 saturated heterocycles. The molecule has 4 heteroatoms. The summed E-state index contributed by atoms with van der Waals surface area (Å²) in [6.45, 7) is 0.927. The third-order valence-corrected chi connectivity index (χ3v) is 5.79. The first-order valence-electron chi connectivity index (χ1n) is 2.03. The number of hydrogen-bond acceptors (Lipinski definition) is 2. The van der Waals surface area contributed by atoms with Crippen LogP contribution in [0, 0.1) is 0 Å². The van der Waals surface area contributed by atoms with Crippen molar-refractivity contribution in [1.82, 2.24) is 0 Å². The molecule has 1 rings (SSSR count). The molecule has 1 unspecified atom stereocenters. The second-order valence-corrected chi connectivity index (χ2v) is 9.20. The Hall–Kier alpha value is 0.840. The first-order valence-corrected chi connectivity index (χ1v) is 7.44. The first kappa shape index (κ1) is 5.97. The van der Waals surface area contributed by atoms with E-state index in [1.807, 2.05) is 0 Å². The van der Waals surface area contributed by atoms with Gasteiger partial charge in [0, 0.05) is 0 Å². The molecular formula is C3H7INOS-. The summed E-state index contributed by atoms with van der Waals surface area (Å²) >= 11 is 0.512. The van der Waals surface area contributed by atoms with Gasteiger partial charge in [-0.2, -0.15) is 0 Å². The fraction of sp³-hybridized carbons (Fsp3) is 1.00. The molecule has 0 bridgehead atoms. The zero-order valence-electron chi connectivity index (χ0n) is 3.80. The minimum absolute atomic E-state index is 0.243. The Morgan fingerprint density at radius 1 is 1.86 bits per heavy atom. The van der Waals surface area contributed by atoms with Crippen molar-refractivity contribution in [2.75, 3.05) is 16.9 Å². The van der Waals surface area contributed by atoms with E-state index in [0.717, 1.165) is 0 Å². The van der Waals surface area contributed by atoms with Gasteiger partial charge in [-0.15, -0.1) is 0 Å². The second-order valence-electron chi connectivity index (χ2n) is 1.10. The molecule has 0 aromatic heterocycles. The average Bonchev–Trinajstić information content (AvgIpc) is 2.42. The van der Waals surface area contributed by atoms with Crippen LogP contribution in [0.3, 0.4) is 0 Å². The van der Waals surface area contributed by atoms with Crippen LogP contribution in [0.25, 0.3) is 0 Å². The molecule has 0 amide bonds. The van der Waals surface area contributed by atoms with Gasteiger partial charge in [-0.05, 0) is 0 Å². The van der Waals surface area contributed by atoms with Crippen molar-refractivity contribution in [3.05, 3.63) is 0 Å². The third-order valence-electron chi connectivity index (χ3n) is 0.538. The molecular weight excluding hydrogens is 225 g/mol. The number of aliphatic hydroxyl groups excluding tert-OH is 1. The van der Waals surface area contributed by atoms with Crippen LogP contribution >= 0.6 is 0 Å². The van der Waals surface area contributed by atoms with E-state index >= 15 is 0 Å². The molecule has 0 aromatic rings. The number of nitrogens with zero attached hydrogens (tertiary/aromatic N) is 1. The molecule has 1 aliphatic rings. The van der Waals surface area contributed by atoms with E-state index < -0.39 is 0 Å². The number of alkyl halides is 1. The van der Waals surface area contributed by atoms with Crippen LogP contribution in [-0.4, -0.2) is 22.0 Å². The Bertz CT molecular complexity index is 88.9. The van der Waals surface area contributed by atoms with Gasteiger partial charge in [0.25, 0.3) is 0 Å². The van der Waals surface area contributed by atoms with Gasteiger partial charge in [0.1, 0.15) is 0 Å². The van der Waals surface area contributed by atoms with Gasteiger partial charge in [0.2, 0.25) is 0 Å². The van der Waals surface area contributed by atoms with Gasteiger partial charge >= 0.3 is 54.1 Å². The van der Waals surface area contributed by atoms with E-state index in [2.05, 4.69) is 4.36 Å². The van der Waals surface area contributed by atoms with Crippen LogP contribution < -0.4 is 19.8 Å². The van der Waals surface area contributed by atoms with E-state index in [-0.39, 0.29) is 6.61 Å². The van der Waals surface area contributed by atoms with Crippen LogP contribution in [0.2, 0.25) is 0 Å². The molecule has 2 nitrogen and oxygen atoms in total. The van der Waals surface area contributed by atoms with Gasteiger partial charge in [0.05, 0.1) is 0 Å². The van der Waals surface area contributed by atoms with E-state index in [1.165, 1.54) is 3.76 Å². The molecule has 1 heterocycles. The van der Waals surface area contributed by atoms with Gasteiger partial charge in [-0.25, -0.2) is 0 Å². The SMILES string of the molecule is OCCN=S1C[I-]1. The summed E-state index contributed by atoms with van der Waals surface area (Å²) < 4.78 is 5.57. The van der Waals surface area contributed by atoms with Crippen LogP contribution in [0.4, 0.5) is 0 Å². The number of rotatable bonds is 2. The average molecular weight is 232 g/mol. The normalized spacial score (nSPS) is 29.6. The molecule has 44 valence electrons. The van der Waals surface area contributed by atoms with Crippen molar-refractivity contribution in [2.45, 2.75) is 0 Å². The molecule has 0 aliphatic carbocycles. The van der Waals surface area contributed by atoms with Crippen molar-refractivity contribution in [3.63, 3.8) is 0 Å². The fourth-order valence-corrected chi connectivity index (χ4v) is 3.60. The van der Waals surface area contributed by atoms with E-state index in [4.69, 9.17) is 5.11 Å². The Morgan fingerprint density at radius 3 is 3.00 bits per heavy atom. The Balaban J connectivity index is 2.07. The molecule has 0 spiro atoms. The Kier molecular flexibility index (Phi) is 2.54. The third kappa shape index (κ3) is 2.61. The summed E-state index contributed by atoms with van der Waals surface area (Å²) in [5.74, 6) is 0. The van der Waals surface area contributed by atoms with Crippen LogP contribution in [0.5, 0.6) is 0 Å².